The standard InChI is InChI=1S/C27H25N3O2/c31-26(29-16-18-32-19-17-29)25-20-30(21-28-25)27(22-10-4-1-5-11-22,23-12-6-2-7-13-23)24-14-8-3-9-15-24/h1-15,20-21H,16-19H2. The molecule has 0 spiro atoms. The van der Waals surface area contributed by atoms with Crippen molar-refractivity contribution in [3.63, 3.8) is 0 Å². The average Bonchev–Trinajstić information content (AvgIpc) is 3.37. The number of amides is 1. The van der Waals surface area contributed by atoms with Crippen LogP contribution in [-0.2, 0) is 10.3 Å². The second kappa shape index (κ2) is 8.81. The lowest BCUT2D eigenvalue weighted by molar-refractivity contribution is 0.0299. The van der Waals surface area contributed by atoms with Crippen LogP contribution in [0.5, 0.6) is 0 Å². The molecule has 5 rings (SSSR count). The summed E-state index contributed by atoms with van der Waals surface area (Å²) in [7, 11) is 0. The van der Waals surface area contributed by atoms with Crippen molar-refractivity contribution in [3.8, 4) is 0 Å². The molecule has 1 aliphatic heterocycles. The molecule has 1 aromatic heterocycles. The number of morpholine rings is 1. The van der Waals surface area contributed by atoms with E-state index in [4.69, 9.17) is 4.74 Å². The molecule has 1 amide bonds. The Morgan fingerprint density at radius 2 is 1.22 bits per heavy atom. The predicted octanol–water partition coefficient (Wildman–Crippen LogP) is 4.20. The molecule has 160 valence electrons. The molecule has 1 fully saturated rings. The van der Waals surface area contributed by atoms with E-state index >= 15 is 0 Å². The van der Waals surface area contributed by atoms with Crippen molar-refractivity contribution in [1.82, 2.24) is 14.5 Å². The quantitative estimate of drug-likeness (QED) is 0.452. The summed E-state index contributed by atoms with van der Waals surface area (Å²) in [5.41, 5.74) is 3.07. The first kappa shape index (κ1) is 20.2. The van der Waals surface area contributed by atoms with Gasteiger partial charge in [0.1, 0.15) is 11.2 Å². The van der Waals surface area contributed by atoms with Gasteiger partial charge in [-0.1, -0.05) is 91.0 Å². The van der Waals surface area contributed by atoms with Crippen LogP contribution in [0.15, 0.2) is 104 Å². The van der Waals surface area contributed by atoms with Crippen molar-refractivity contribution >= 4 is 5.91 Å². The van der Waals surface area contributed by atoms with Crippen LogP contribution < -0.4 is 0 Å². The molecule has 5 heteroatoms. The van der Waals surface area contributed by atoms with Crippen molar-refractivity contribution in [2.45, 2.75) is 5.54 Å². The van der Waals surface area contributed by atoms with E-state index in [0.29, 0.717) is 32.0 Å². The molecule has 1 saturated heterocycles. The number of hydrogen-bond donors (Lipinski definition) is 0. The summed E-state index contributed by atoms with van der Waals surface area (Å²) < 4.78 is 7.47. The molecule has 3 aromatic carbocycles. The van der Waals surface area contributed by atoms with Crippen LogP contribution in [0.4, 0.5) is 0 Å². The van der Waals surface area contributed by atoms with Crippen molar-refractivity contribution < 1.29 is 9.53 Å². The number of ether oxygens (including phenoxy) is 1. The number of carbonyl (C=O) groups is 1. The molecule has 0 atom stereocenters. The zero-order chi connectivity index (χ0) is 21.8. The maximum absolute atomic E-state index is 13.1. The number of rotatable bonds is 5. The van der Waals surface area contributed by atoms with Gasteiger partial charge in [0.15, 0.2) is 0 Å². The summed E-state index contributed by atoms with van der Waals surface area (Å²) >= 11 is 0. The minimum atomic E-state index is -0.666. The van der Waals surface area contributed by atoms with Crippen LogP contribution in [0, 0.1) is 0 Å². The topological polar surface area (TPSA) is 47.4 Å². The largest absolute Gasteiger partial charge is 0.378 e. The molecule has 0 radical (unpaired) electrons. The zero-order valence-corrected chi connectivity index (χ0v) is 17.8. The smallest absolute Gasteiger partial charge is 0.274 e. The highest BCUT2D eigenvalue weighted by atomic mass is 16.5. The van der Waals surface area contributed by atoms with Crippen molar-refractivity contribution in [2.24, 2.45) is 0 Å². The van der Waals surface area contributed by atoms with E-state index in [-0.39, 0.29) is 5.91 Å². The SMILES string of the molecule is O=C(c1cn(C(c2ccccc2)(c2ccccc2)c2ccccc2)cn1)N1CCOCC1. The zero-order valence-electron chi connectivity index (χ0n) is 17.8. The number of imidazole rings is 1. The van der Waals surface area contributed by atoms with Gasteiger partial charge in [0.05, 0.1) is 19.5 Å². The number of benzene rings is 3. The van der Waals surface area contributed by atoms with Crippen LogP contribution in [0.3, 0.4) is 0 Å². The highest BCUT2D eigenvalue weighted by Gasteiger charge is 2.38. The van der Waals surface area contributed by atoms with Gasteiger partial charge in [0.25, 0.3) is 5.91 Å². The third kappa shape index (κ3) is 3.51. The van der Waals surface area contributed by atoms with Gasteiger partial charge in [-0.2, -0.15) is 0 Å². The van der Waals surface area contributed by atoms with Gasteiger partial charge in [0.2, 0.25) is 0 Å². The van der Waals surface area contributed by atoms with E-state index in [0.717, 1.165) is 16.7 Å². The molecule has 4 aromatic rings. The Morgan fingerprint density at radius 1 is 0.750 bits per heavy atom. The fourth-order valence-electron chi connectivity index (χ4n) is 4.53. The van der Waals surface area contributed by atoms with Crippen molar-refractivity contribution in [2.75, 3.05) is 26.3 Å². The molecule has 0 bridgehead atoms. The molecular formula is C27H25N3O2. The van der Waals surface area contributed by atoms with Crippen molar-refractivity contribution in [1.29, 1.82) is 0 Å². The Hall–Kier alpha value is -3.70. The van der Waals surface area contributed by atoms with E-state index in [1.54, 1.807) is 6.33 Å². The summed E-state index contributed by atoms with van der Waals surface area (Å²) in [6.07, 6.45) is 3.66. The molecular weight excluding hydrogens is 398 g/mol. The van der Waals surface area contributed by atoms with Crippen LogP contribution in [0.1, 0.15) is 27.2 Å². The first-order chi connectivity index (χ1) is 15.8. The third-order valence-electron chi connectivity index (χ3n) is 6.06. The monoisotopic (exact) mass is 423 g/mol. The minimum Gasteiger partial charge on any atom is -0.378 e. The second-order valence-corrected chi connectivity index (χ2v) is 7.88. The first-order valence-corrected chi connectivity index (χ1v) is 10.9. The highest BCUT2D eigenvalue weighted by Crippen LogP contribution is 2.40. The number of nitrogens with zero attached hydrogens (tertiary/aromatic N) is 3. The summed E-state index contributed by atoms with van der Waals surface area (Å²) in [4.78, 5) is 19.5. The van der Waals surface area contributed by atoms with E-state index < -0.39 is 5.54 Å². The fraction of sp³-hybridized carbons (Fsp3) is 0.185. The molecule has 0 unspecified atom stereocenters. The Bertz CT molecular complexity index is 1070. The maximum Gasteiger partial charge on any atom is 0.274 e. The van der Waals surface area contributed by atoms with Crippen molar-refractivity contribution in [3.05, 3.63) is 126 Å². The molecule has 0 N–H and O–H groups in total. The number of aromatic nitrogens is 2. The van der Waals surface area contributed by atoms with Gasteiger partial charge in [-0.3, -0.25) is 4.79 Å². The van der Waals surface area contributed by atoms with Gasteiger partial charge < -0.3 is 14.2 Å². The predicted molar refractivity (Wildman–Crippen MR) is 124 cm³/mol. The number of hydrogen-bond acceptors (Lipinski definition) is 3. The summed E-state index contributed by atoms with van der Waals surface area (Å²) in [6.45, 7) is 2.31. The minimum absolute atomic E-state index is 0.0601. The van der Waals surface area contributed by atoms with Crippen LogP contribution >= 0.6 is 0 Å². The van der Waals surface area contributed by atoms with Gasteiger partial charge >= 0.3 is 0 Å². The molecule has 32 heavy (non-hydrogen) atoms. The van der Waals surface area contributed by atoms with Crippen LogP contribution in [-0.4, -0.2) is 46.7 Å². The Morgan fingerprint density at radius 3 is 1.69 bits per heavy atom. The Labute approximate surface area is 187 Å². The fourth-order valence-corrected chi connectivity index (χ4v) is 4.53. The lowest BCUT2D eigenvalue weighted by Gasteiger charge is -2.37. The van der Waals surface area contributed by atoms with Crippen LogP contribution in [0.2, 0.25) is 0 Å². The Balaban J connectivity index is 1.71. The van der Waals surface area contributed by atoms with Gasteiger partial charge in [-0.15, -0.1) is 0 Å². The van der Waals surface area contributed by atoms with E-state index in [1.165, 1.54) is 0 Å². The third-order valence-corrected chi connectivity index (χ3v) is 6.06. The molecule has 0 aliphatic carbocycles. The van der Waals surface area contributed by atoms with Crippen LogP contribution in [0.25, 0.3) is 0 Å². The van der Waals surface area contributed by atoms with E-state index in [9.17, 15) is 4.79 Å². The second-order valence-electron chi connectivity index (χ2n) is 7.88. The number of carbonyl (C=O) groups excluding carboxylic acids is 1. The lowest BCUT2D eigenvalue weighted by atomic mass is 9.77. The summed E-state index contributed by atoms with van der Waals surface area (Å²) in [6, 6.07) is 31.1. The van der Waals surface area contributed by atoms with E-state index in [1.807, 2.05) is 65.7 Å². The van der Waals surface area contributed by atoms with E-state index in [2.05, 4.69) is 45.9 Å². The first-order valence-electron chi connectivity index (χ1n) is 10.9. The summed E-state index contributed by atoms with van der Waals surface area (Å²) in [5, 5.41) is 0. The normalized spacial score (nSPS) is 14.3. The van der Waals surface area contributed by atoms with Gasteiger partial charge in [-0.05, 0) is 16.7 Å². The average molecular weight is 424 g/mol. The molecule has 2 heterocycles. The highest BCUT2D eigenvalue weighted by molar-refractivity contribution is 5.92. The Kier molecular flexibility index (Phi) is 5.57. The maximum atomic E-state index is 13.1. The summed E-state index contributed by atoms with van der Waals surface area (Å²) in [5.74, 6) is -0.0601. The molecule has 1 aliphatic rings. The van der Waals surface area contributed by atoms with Gasteiger partial charge in [0, 0.05) is 19.3 Å². The van der Waals surface area contributed by atoms with Gasteiger partial charge in [-0.25, -0.2) is 4.98 Å². The molecule has 5 nitrogen and oxygen atoms in total. The lowest BCUT2D eigenvalue weighted by Crippen LogP contribution is -2.41. The molecule has 0 saturated carbocycles.